The van der Waals surface area contributed by atoms with Gasteiger partial charge < -0.3 is 5.32 Å². The predicted octanol–water partition coefficient (Wildman–Crippen LogP) is 4.25. The highest BCUT2D eigenvalue weighted by atomic mass is 35.5. The number of benzene rings is 1. The maximum Gasteiger partial charge on any atom is 0.460 e. The number of hydrogen-bond donors (Lipinski definition) is 1. The molecule has 1 aromatic carbocycles. The van der Waals surface area contributed by atoms with Crippen molar-refractivity contribution < 1.29 is 39.9 Å². The molecule has 0 heterocycles. The smallest absolute Gasteiger partial charge is 0.318 e. The molecule has 21 heavy (non-hydrogen) atoms. The number of alkyl halides is 7. The Morgan fingerprint density at radius 1 is 1.05 bits per heavy atom. The van der Waals surface area contributed by atoms with Crippen LogP contribution >= 0.6 is 11.6 Å². The Kier molecular flexibility index (Phi) is 4.42. The number of halogens is 9. The van der Waals surface area contributed by atoms with Gasteiger partial charge in [-0.15, -0.1) is 0 Å². The summed E-state index contributed by atoms with van der Waals surface area (Å²) in [4.78, 5) is 10.9. The van der Waals surface area contributed by atoms with Gasteiger partial charge in [-0.1, -0.05) is 11.6 Å². The highest BCUT2D eigenvalue weighted by Gasteiger charge is 2.76. The van der Waals surface area contributed by atoms with E-state index in [0.717, 1.165) is 11.4 Å². The molecule has 0 unspecified atom stereocenters. The van der Waals surface area contributed by atoms with Crippen molar-refractivity contribution in [2.45, 2.75) is 18.0 Å². The second-order valence-electron chi connectivity index (χ2n) is 3.72. The Labute approximate surface area is 116 Å². The van der Waals surface area contributed by atoms with Crippen molar-refractivity contribution >= 4 is 23.2 Å². The minimum absolute atomic E-state index is 0.210. The molecule has 0 aliphatic heterocycles. The summed E-state index contributed by atoms with van der Waals surface area (Å²) in [5.74, 6) is -17.1. The van der Waals surface area contributed by atoms with Gasteiger partial charge >= 0.3 is 23.9 Å². The van der Waals surface area contributed by atoms with Gasteiger partial charge in [0.2, 0.25) is 0 Å². The molecule has 118 valence electrons. The zero-order chi connectivity index (χ0) is 16.6. The van der Waals surface area contributed by atoms with Crippen LogP contribution in [0.3, 0.4) is 0 Å². The molecule has 1 rings (SSSR count). The first kappa shape index (κ1) is 17.5. The lowest BCUT2D eigenvalue weighted by Gasteiger charge is -2.27. The molecule has 2 nitrogen and oxygen atoms in total. The normalized spacial score (nSPS) is 13.2. The molecule has 0 aliphatic rings. The van der Waals surface area contributed by atoms with Gasteiger partial charge in [-0.05, 0) is 18.2 Å². The van der Waals surface area contributed by atoms with Gasteiger partial charge in [0, 0.05) is 5.02 Å². The van der Waals surface area contributed by atoms with E-state index >= 15 is 0 Å². The lowest BCUT2D eigenvalue weighted by molar-refractivity contribution is -0.343. The van der Waals surface area contributed by atoms with Crippen molar-refractivity contribution in [2.24, 2.45) is 0 Å². The van der Waals surface area contributed by atoms with Crippen molar-refractivity contribution in [1.82, 2.24) is 0 Å². The van der Waals surface area contributed by atoms with Crippen LogP contribution in [0.25, 0.3) is 0 Å². The van der Waals surface area contributed by atoms with Crippen LogP contribution in [-0.4, -0.2) is 23.9 Å². The summed E-state index contributed by atoms with van der Waals surface area (Å²) in [5.41, 5.74) is -1.03. The molecule has 0 saturated heterocycles. The van der Waals surface area contributed by atoms with E-state index in [0.29, 0.717) is 12.1 Å². The quantitative estimate of drug-likeness (QED) is 0.818. The molecule has 11 heteroatoms. The number of carbonyl (C=O) groups is 1. The minimum Gasteiger partial charge on any atom is -0.318 e. The van der Waals surface area contributed by atoms with E-state index in [1.54, 1.807) is 0 Å². The standard InChI is InChI=1S/C10H4ClF8NO/c11-4-1-2-6(5(12)3-4)20-7(21)8(13,14)9(15,16)10(17,18)19/h1-3H,(H,20,21). The van der Waals surface area contributed by atoms with Crippen LogP contribution in [0.2, 0.25) is 5.02 Å². The average Bonchev–Trinajstić information content (AvgIpc) is 2.30. The third kappa shape index (κ3) is 3.20. The maximum atomic E-state index is 13.2. The Balaban J connectivity index is 3.07. The van der Waals surface area contributed by atoms with Crippen molar-refractivity contribution in [3.8, 4) is 0 Å². The minimum atomic E-state index is -6.66. The molecule has 0 bridgehead atoms. The molecule has 1 N–H and O–H groups in total. The van der Waals surface area contributed by atoms with Crippen LogP contribution in [0.4, 0.5) is 40.8 Å². The van der Waals surface area contributed by atoms with Crippen LogP contribution < -0.4 is 5.32 Å². The molecule has 0 radical (unpaired) electrons. The van der Waals surface area contributed by atoms with E-state index in [1.807, 2.05) is 0 Å². The van der Waals surface area contributed by atoms with Crippen LogP contribution in [0.5, 0.6) is 0 Å². The molecule has 1 aromatic rings. The molecule has 1 amide bonds. The van der Waals surface area contributed by atoms with Gasteiger partial charge in [-0.2, -0.15) is 30.7 Å². The van der Waals surface area contributed by atoms with E-state index < -0.39 is 35.4 Å². The number of hydrogen-bond acceptors (Lipinski definition) is 1. The molecule has 0 fully saturated rings. The summed E-state index contributed by atoms with van der Waals surface area (Å²) in [6.07, 6.45) is -6.66. The topological polar surface area (TPSA) is 29.1 Å². The van der Waals surface area contributed by atoms with Crippen LogP contribution in [0, 0.1) is 5.82 Å². The van der Waals surface area contributed by atoms with Gasteiger partial charge in [0.15, 0.2) is 0 Å². The summed E-state index contributed by atoms with van der Waals surface area (Å²) in [6.45, 7) is 0. The fourth-order valence-electron chi connectivity index (χ4n) is 1.11. The van der Waals surface area contributed by atoms with Gasteiger partial charge in [-0.25, -0.2) is 4.39 Å². The highest BCUT2D eigenvalue weighted by molar-refractivity contribution is 6.30. The fraction of sp³-hybridized carbons (Fsp3) is 0.300. The molecular weight excluding hydrogens is 338 g/mol. The predicted molar refractivity (Wildman–Crippen MR) is 56.0 cm³/mol. The van der Waals surface area contributed by atoms with Crippen LogP contribution in [-0.2, 0) is 4.79 Å². The first-order valence-electron chi connectivity index (χ1n) is 4.89. The lowest BCUT2D eigenvalue weighted by atomic mass is 10.1. The summed E-state index contributed by atoms with van der Waals surface area (Å²) < 4.78 is 99.8. The number of rotatable bonds is 3. The second-order valence-corrected chi connectivity index (χ2v) is 4.16. The molecule has 0 spiro atoms. The maximum absolute atomic E-state index is 13.2. The summed E-state index contributed by atoms with van der Waals surface area (Å²) >= 11 is 5.31. The number of anilines is 1. The summed E-state index contributed by atoms with van der Waals surface area (Å²) in [5, 5.41) is 0.743. The number of nitrogens with one attached hydrogen (secondary N) is 1. The van der Waals surface area contributed by atoms with Crippen molar-refractivity contribution in [3.63, 3.8) is 0 Å². The zero-order valence-corrected chi connectivity index (χ0v) is 10.3. The monoisotopic (exact) mass is 341 g/mol. The molecule has 0 atom stereocenters. The Morgan fingerprint density at radius 3 is 2.00 bits per heavy atom. The molecule has 0 aliphatic carbocycles. The molecule has 0 aromatic heterocycles. The third-order valence-corrected chi connectivity index (χ3v) is 2.45. The largest absolute Gasteiger partial charge is 0.460 e. The zero-order valence-electron chi connectivity index (χ0n) is 9.54. The average molecular weight is 342 g/mol. The Morgan fingerprint density at radius 2 is 1.57 bits per heavy atom. The summed E-state index contributed by atoms with van der Waals surface area (Å²) in [7, 11) is 0. The third-order valence-electron chi connectivity index (χ3n) is 2.21. The second kappa shape index (κ2) is 5.32. The molecular formula is C10H4ClF8NO. The van der Waals surface area contributed by atoms with E-state index in [2.05, 4.69) is 0 Å². The van der Waals surface area contributed by atoms with Crippen molar-refractivity contribution in [1.29, 1.82) is 0 Å². The van der Waals surface area contributed by atoms with Crippen molar-refractivity contribution in [3.05, 3.63) is 29.0 Å². The van der Waals surface area contributed by atoms with Gasteiger partial charge in [0.1, 0.15) is 5.82 Å². The Bertz CT molecular complexity index is 556. The van der Waals surface area contributed by atoms with E-state index in [1.165, 1.54) is 0 Å². The van der Waals surface area contributed by atoms with Crippen molar-refractivity contribution in [2.75, 3.05) is 5.32 Å². The number of carbonyl (C=O) groups excluding carboxylic acids is 1. The van der Waals surface area contributed by atoms with Crippen LogP contribution in [0.15, 0.2) is 18.2 Å². The first-order chi connectivity index (χ1) is 9.30. The highest BCUT2D eigenvalue weighted by Crippen LogP contribution is 2.46. The molecule has 0 saturated carbocycles. The van der Waals surface area contributed by atoms with E-state index in [-0.39, 0.29) is 5.02 Å². The van der Waals surface area contributed by atoms with Gasteiger partial charge in [-0.3, -0.25) is 4.79 Å². The van der Waals surface area contributed by atoms with Gasteiger partial charge in [0.05, 0.1) is 5.69 Å². The lowest BCUT2D eigenvalue weighted by Crippen LogP contribution is -2.57. The van der Waals surface area contributed by atoms with Gasteiger partial charge in [0.25, 0.3) is 0 Å². The Hall–Kier alpha value is -1.58. The first-order valence-corrected chi connectivity index (χ1v) is 5.27. The fourth-order valence-corrected chi connectivity index (χ4v) is 1.27. The van der Waals surface area contributed by atoms with E-state index in [9.17, 15) is 39.9 Å². The SMILES string of the molecule is O=C(Nc1ccc(Cl)cc1F)C(F)(F)C(F)(F)C(F)(F)F. The summed E-state index contributed by atoms with van der Waals surface area (Å²) in [6, 6.07) is 2.06. The van der Waals surface area contributed by atoms with Crippen LogP contribution in [0.1, 0.15) is 0 Å². The number of amides is 1. The van der Waals surface area contributed by atoms with E-state index in [4.69, 9.17) is 11.6 Å².